The van der Waals surface area contributed by atoms with Gasteiger partial charge in [0.25, 0.3) is 0 Å². The van der Waals surface area contributed by atoms with E-state index in [1.807, 2.05) is 18.8 Å². The van der Waals surface area contributed by atoms with Crippen LogP contribution >= 0.6 is 11.8 Å². The molecule has 2 N–H and O–H groups in total. The molecule has 0 bridgehead atoms. The smallest absolute Gasteiger partial charge is 0.0615 e. The van der Waals surface area contributed by atoms with Crippen molar-refractivity contribution in [3.05, 3.63) is 0 Å². The molecule has 2 nitrogen and oxygen atoms in total. The van der Waals surface area contributed by atoms with Gasteiger partial charge in [0.05, 0.1) is 6.61 Å². The fourth-order valence-electron chi connectivity index (χ4n) is 2.44. The van der Waals surface area contributed by atoms with E-state index in [4.69, 9.17) is 0 Å². The maximum atomic E-state index is 9.42. The van der Waals surface area contributed by atoms with Gasteiger partial charge in [-0.25, -0.2) is 0 Å². The average Bonchev–Trinajstić information content (AvgIpc) is 2.58. The molecule has 2 unspecified atom stereocenters. The predicted molar refractivity (Wildman–Crippen MR) is 59.2 cm³/mol. The zero-order chi connectivity index (χ0) is 9.73. The Bertz CT molecular complexity index is 148. The maximum Gasteiger partial charge on any atom is 0.0615 e. The summed E-state index contributed by atoms with van der Waals surface area (Å²) < 4.78 is 0. The Hall–Kier alpha value is 0.270. The third kappa shape index (κ3) is 2.39. The quantitative estimate of drug-likeness (QED) is 0.710. The summed E-state index contributed by atoms with van der Waals surface area (Å²) in [5.41, 5.74) is 0.0374. The molecular formula is C10H21NOS. The Morgan fingerprint density at radius 3 is 2.92 bits per heavy atom. The fraction of sp³-hybridized carbons (Fsp3) is 1.00. The lowest BCUT2D eigenvalue weighted by Crippen LogP contribution is -2.49. The SMILES string of the molecule is CNC1(CO)CCCC1CCSC. The molecule has 0 aromatic heterocycles. The molecule has 13 heavy (non-hydrogen) atoms. The lowest BCUT2D eigenvalue weighted by molar-refractivity contribution is 0.130. The molecule has 2 atom stereocenters. The van der Waals surface area contributed by atoms with E-state index in [1.165, 1.54) is 25.0 Å². The molecular weight excluding hydrogens is 182 g/mol. The van der Waals surface area contributed by atoms with Gasteiger partial charge in [-0.2, -0.15) is 11.8 Å². The van der Waals surface area contributed by atoms with E-state index in [0.29, 0.717) is 12.5 Å². The van der Waals surface area contributed by atoms with Crippen LogP contribution in [0.25, 0.3) is 0 Å². The number of likely N-dealkylation sites (N-methyl/N-ethyl adjacent to an activating group) is 1. The number of hydrogen-bond acceptors (Lipinski definition) is 3. The number of rotatable bonds is 5. The fourth-order valence-corrected chi connectivity index (χ4v) is 2.96. The molecule has 0 aromatic carbocycles. The van der Waals surface area contributed by atoms with Gasteiger partial charge in [-0.05, 0) is 44.2 Å². The molecule has 1 fully saturated rings. The third-order valence-corrected chi connectivity index (χ3v) is 4.05. The minimum Gasteiger partial charge on any atom is -0.394 e. The van der Waals surface area contributed by atoms with Crippen molar-refractivity contribution < 1.29 is 5.11 Å². The van der Waals surface area contributed by atoms with E-state index in [2.05, 4.69) is 11.6 Å². The van der Waals surface area contributed by atoms with Crippen LogP contribution in [0.3, 0.4) is 0 Å². The minimum atomic E-state index is 0.0374. The average molecular weight is 203 g/mol. The van der Waals surface area contributed by atoms with Crippen LogP contribution in [0, 0.1) is 5.92 Å². The molecule has 0 radical (unpaired) electrons. The van der Waals surface area contributed by atoms with E-state index in [1.54, 1.807) is 0 Å². The number of aliphatic hydroxyl groups is 1. The minimum absolute atomic E-state index is 0.0374. The van der Waals surface area contributed by atoms with E-state index in [-0.39, 0.29) is 5.54 Å². The molecule has 0 saturated heterocycles. The van der Waals surface area contributed by atoms with Crippen LogP contribution < -0.4 is 5.32 Å². The highest BCUT2D eigenvalue weighted by atomic mass is 32.2. The Balaban J connectivity index is 2.50. The third-order valence-electron chi connectivity index (χ3n) is 3.41. The summed E-state index contributed by atoms with van der Waals surface area (Å²) in [6.45, 7) is 0.294. The number of hydrogen-bond donors (Lipinski definition) is 2. The van der Waals surface area contributed by atoms with Gasteiger partial charge in [-0.15, -0.1) is 0 Å². The Morgan fingerprint density at radius 1 is 1.62 bits per heavy atom. The first-order valence-electron chi connectivity index (χ1n) is 5.08. The number of aliphatic hydroxyl groups excluding tert-OH is 1. The van der Waals surface area contributed by atoms with E-state index in [9.17, 15) is 5.11 Å². The summed E-state index contributed by atoms with van der Waals surface area (Å²) in [5.74, 6) is 1.89. The van der Waals surface area contributed by atoms with Crippen molar-refractivity contribution >= 4 is 11.8 Å². The van der Waals surface area contributed by atoms with Gasteiger partial charge >= 0.3 is 0 Å². The summed E-state index contributed by atoms with van der Waals surface area (Å²) >= 11 is 1.90. The summed E-state index contributed by atoms with van der Waals surface area (Å²) in [5, 5.41) is 12.7. The van der Waals surface area contributed by atoms with Crippen molar-refractivity contribution in [3.8, 4) is 0 Å². The largest absolute Gasteiger partial charge is 0.394 e. The summed E-state index contributed by atoms with van der Waals surface area (Å²) in [4.78, 5) is 0. The van der Waals surface area contributed by atoms with Gasteiger partial charge in [-0.1, -0.05) is 6.42 Å². The molecule has 0 heterocycles. The van der Waals surface area contributed by atoms with Crippen LogP contribution in [-0.4, -0.2) is 36.3 Å². The molecule has 0 aromatic rings. The maximum absolute atomic E-state index is 9.42. The van der Waals surface area contributed by atoms with Crippen molar-refractivity contribution in [2.45, 2.75) is 31.2 Å². The molecule has 78 valence electrons. The Kier molecular flexibility index (Phi) is 4.56. The number of nitrogens with one attached hydrogen (secondary N) is 1. The van der Waals surface area contributed by atoms with E-state index >= 15 is 0 Å². The molecule has 0 amide bonds. The second-order valence-electron chi connectivity index (χ2n) is 3.93. The van der Waals surface area contributed by atoms with Gasteiger partial charge in [-0.3, -0.25) is 0 Å². The van der Waals surface area contributed by atoms with Crippen molar-refractivity contribution in [1.29, 1.82) is 0 Å². The lowest BCUT2D eigenvalue weighted by Gasteiger charge is -2.33. The van der Waals surface area contributed by atoms with Crippen LogP contribution in [-0.2, 0) is 0 Å². The number of thioether (sulfide) groups is 1. The standard InChI is InChI=1S/C10H21NOS/c1-11-10(8-12)6-3-4-9(10)5-7-13-2/h9,11-12H,3-8H2,1-2H3. The highest BCUT2D eigenvalue weighted by Crippen LogP contribution is 2.37. The molecule has 0 aliphatic heterocycles. The van der Waals surface area contributed by atoms with Crippen molar-refractivity contribution in [2.24, 2.45) is 5.92 Å². The molecule has 1 rings (SSSR count). The topological polar surface area (TPSA) is 32.3 Å². The monoisotopic (exact) mass is 203 g/mol. The highest BCUT2D eigenvalue weighted by molar-refractivity contribution is 7.98. The van der Waals surface area contributed by atoms with Crippen molar-refractivity contribution in [2.75, 3.05) is 25.7 Å². The summed E-state index contributed by atoms with van der Waals surface area (Å²) in [6.07, 6.45) is 7.07. The van der Waals surface area contributed by atoms with Crippen LogP contribution in [0.4, 0.5) is 0 Å². The van der Waals surface area contributed by atoms with Gasteiger partial charge in [0.2, 0.25) is 0 Å². The first-order valence-corrected chi connectivity index (χ1v) is 6.47. The van der Waals surface area contributed by atoms with Gasteiger partial charge in [0.1, 0.15) is 0 Å². The molecule has 1 aliphatic carbocycles. The molecule has 3 heteroatoms. The van der Waals surface area contributed by atoms with E-state index < -0.39 is 0 Å². The van der Waals surface area contributed by atoms with Crippen molar-refractivity contribution in [1.82, 2.24) is 5.32 Å². The second-order valence-corrected chi connectivity index (χ2v) is 4.92. The van der Waals surface area contributed by atoms with Gasteiger partial charge < -0.3 is 10.4 Å². The van der Waals surface area contributed by atoms with E-state index in [0.717, 1.165) is 6.42 Å². The van der Waals surface area contributed by atoms with Crippen LogP contribution in [0.15, 0.2) is 0 Å². The van der Waals surface area contributed by atoms with Crippen LogP contribution in [0.1, 0.15) is 25.7 Å². The van der Waals surface area contributed by atoms with Crippen LogP contribution in [0.5, 0.6) is 0 Å². The zero-order valence-corrected chi connectivity index (χ0v) is 9.49. The second kappa shape index (κ2) is 5.23. The molecule has 0 spiro atoms. The first kappa shape index (κ1) is 11.3. The molecule has 1 aliphatic rings. The lowest BCUT2D eigenvalue weighted by atomic mass is 9.86. The molecule has 1 saturated carbocycles. The predicted octanol–water partition coefficient (Wildman–Crippen LogP) is 1.49. The van der Waals surface area contributed by atoms with Crippen molar-refractivity contribution in [3.63, 3.8) is 0 Å². The highest BCUT2D eigenvalue weighted by Gasteiger charge is 2.40. The van der Waals surface area contributed by atoms with Gasteiger partial charge in [0, 0.05) is 5.54 Å². The zero-order valence-electron chi connectivity index (χ0n) is 8.68. The normalized spacial score (nSPS) is 33.9. The Morgan fingerprint density at radius 2 is 2.38 bits per heavy atom. The van der Waals surface area contributed by atoms with Gasteiger partial charge in [0.15, 0.2) is 0 Å². The van der Waals surface area contributed by atoms with Crippen LogP contribution in [0.2, 0.25) is 0 Å². The first-order chi connectivity index (χ1) is 6.29. The summed E-state index contributed by atoms with van der Waals surface area (Å²) in [7, 11) is 1.98. The Labute approximate surface area is 85.5 Å². The summed E-state index contributed by atoms with van der Waals surface area (Å²) in [6, 6.07) is 0.